The van der Waals surface area contributed by atoms with E-state index in [4.69, 9.17) is 5.11 Å². The minimum absolute atomic E-state index is 0.0842. The fraction of sp³-hybridized carbons (Fsp3) is 0.833. The van der Waals surface area contributed by atoms with Crippen molar-refractivity contribution in [1.82, 2.24) is 0 Å². The van der Waals surface area contributed by atoms with Crippen molar-refractivity contribution in [3.63, 3.8) is 0 Å². The van der Waals surface area contributed by atoms with Crippen LogP contribution in [-0.4, -0.2) is 22.3 Å². The number of allylic oxidation sites excluding steroid dienone is 2. The third-order valence-electron chi connectivity index (χ3n) is 3.71. The van der Waals surface area contributed by atoms with Crippen LogP contribution in [0.4, 0.5) is 0 Å². The van der Waals surface area contributed by atoms with Gasteiger partial charge in [0, 0.05) is 6.42 Å². The number of hydrogen-bond acceptors (Lipinski definition) is 2. The van der Waals surface area contributed by atoms with Gasteiger partial charge in [-0.2, -0.15) is 0 Å². The summed E-state index contributed by atoms with van der Waals surface area (Å²) in [7, 11) is 0. The zero-order valence-corrected chi connectivity index (χ0v) is 13.7. The lowest BCUT2D eigenvalue weighted by molar-refractivity contribution is -0.137. The van der Waals surface area contributed by atoms with Crippen molar-refractivity contribution >= 4 is 5.97 Å². The van der Waals surface area contributed by atoms with Crippen molar-refractivity contribution < 1.29 is 15.0 Å². The SMILES string of the molecule is CCCC(O)CCCCCCC/C=C\CCCCC(=O)O. The Hall–Kier alpha value is -0.830. The Kier molecular flexibility index (Phi) is 14.9. The fourth-order valence-electron chi connectivity index (χ4n) is 2.42. The minimum atomic E-state index is -0.693. The summed E-state index contributed by atoms with van der Waals surface area (Å²) in [5.41, 5.74) is 0. The molecule has 3 nitrogen and oxygen atoms in total. The second-order valence-corrected chi connectivity index (χ2v) is 5.90. The molecule has 0 saturated carbocycles. The Bertz CT molecular complexity index is 261. The van der Waals surface area contributed by atoms with E-state index in [0.717, 1.165) is 51.4 Å². The highest BCUT2D eigenvalue weighted by molar-refractivity contribution is 5.66. The number of aliphatic hydroxyl groups is 1. The summed E-state index contributed by atoms with van der Waals surface area (Å²) < 4.78 is 0. The smallest absolute Gasteiger partial charge is 0.303 e. The maximum absolute atomic E-state index is 10.3. The maximum Gasteiger partial charge on any atom is 0.303 e. The Morgan fingerprint density at radius 1 is 0.905 bits per heavy atom. The standard InChI is InChI=1S/C18H34O3/c1-2-14-17(19)15-12-10-8-6-4-3-5-7-9-11-13-16-18(20)21/h5,7,17,19H,2-4,6,8-16H2,1H3,(H,20,21)/b7-5-. The van der Waals surface area contributed by atoms with E-state index in [9.17, 15) is 9.90 Å². The summed E-state index contributed by atoms with van der Waals surface area (Å²) in [6.45, 7) is 2.11. The molecule has 0 aromatic heterocycles. The van der Waals surface area contributed by atoms with Gasteiger partial charge >= 0.3 is 5.97 Å². The Labute approximate surface area is 130 Å². The van der Waals surface area contributed by atoms with Crippen molar-refractivity contribution in [3.8, 4) is 0 Å². The van der Waals surface area contributed by atoms with Gasteiger partial charge in [0.2, 0.25) is 0 Å². The third-order valence-corrected chi connectivity index (χ3v) is 3.71. The van der Waals surface area contributed by atoms with E-state index >= 15 is 0 Å². The quantitative estimate of drug-likeness (QED) is 0.327. The maximum atomic E-state index is 10.3. The molecule has 0 bridgehead atoms. The second kappa shape index (κ2) is 15.6. The zero-order chi connectivity index (χ0) is 15.8. The van der Waals surface area contributed by atoms with Gasteiger partial charge < -0.3 is 10.2 Å². The highest BCUT2D eigenvalue weighted by Crippen LogP contribution is 2.11. The van der Waals surface area contributed by atoms with Gasteiger partial charge in [0.15, 0.2) is 0 Å². The molecule has 0 aliphatic rings. The van der Waals surface area contributed by atoms with Crippen molar-refractivity contribution in [2.75, 3.05) is 0 Å². The minimum Gasteiger partial charge on any atom is -0.481 e. The van der Waals surface area contributed by atoms with E-state index in [2.05, 4.69) is 19.1 Å². The van der Waals surface area contributed by atoms with Gasteiger partial charge in [-0.25, -0.2) is 0 Å². The molecule has 1 atom stereocenters. The molecule has 0 aromatic rings. The van der Waals surface area contributed by atoms with Gasteiger partial charge in [-0.3, -0.25) is 4.79 Å². The highest BCUT2D eigenvalue weighted by Gasteiger charge is 2.01. The number of carbonyl (C=O) groups is 1. The Morgan fingerprint density at radius 3 is 2.10 bits per heavy atom. The number of carboxylic acids is 1. The lowest BCUT2D eigenvalue weighted by atomic mass is 10.0. The molecular weight excluding hydrogens is 264 g/mol. The van der Waals surface area contributed by atoms with Gasteiger partial charge in [0.25, 0.3) is 0 Å². The summed E-state index contributed by atoms with van der Waals surface area (Å²) in [4.78, 5) is 10.3. The predicted octanol–water partition coefficient (Wildman–Crippen LogP) is 5.08. The molecular formula is C18H34O3. The van der Waals surface area contributed by atoms with Crippen LogP contribution in [0.15, 0.2) is 12.2 Å². The number of hydrogen-bond donors (Lipinski definition) is 2. The molecule has 0 saturated heterocycles. The average Bonchev–Trinajstić information content (AvgIpc) is 2.44. The molecule has 124 valence electrons. The summed E-state index contributed by atoms with van der Waals surface area (Å²) in [6, 6.07) is 0. The van der Waals surface area contributed by atoms with Crippen LogP contribution < -0.4 is 0 Å². The van der Waals surface area contributed by atoms with Crippen molar-refractivity contribution in [2.45, 2.75) is 96.5 Å². The summed E-state index contributed by atoms with van der Waals surface area (Å²) in [5.74, 6) is -0.693. The molecule has 0 aromatic carbocycles. The topological polar surface area (TPSA) is 57.5 Å². The van der Waals surface area contributed by atoms with Gasteiger partial charge in [0.05, 0.1) is 6.10 Å². The fourth-order valence-corrected chi connectivity index (χ4v) is 2.42. The average molecular weight is 298 g/mol. The third kappa shape index (κ3) is 17.1. The van der Waals surface area contributed by atoms with Crippen molar-refractivity contribution in [1.29, 1.82) is 0 Å². The molecule has 21 heavy (non-hydrogen) atoms. The normalized spacial score (nSPS) is 12.9. The molecule has 0 heterocycles. The van der Waals surface area contributed by atoms with E-state index in [0.29, 0.717) is 6.42 Å². The number of rotatable bonds is 15. The first-order valence-corrected chi connectivity index (χ1v) is 8.71. The van der Waals surface area contributed by atoms with Gasteiger partial charge in [-0.15, -0.1) is 0 Å². The molecule has 0 aliphatic carbocycles. The number of aliphatic hydroxyl groups excluding tert-OH is 1. The molecule has 0 radical (unpaired) electrons. The van der Waals surface area contributed by atoms with Gasteiger partial charge in [-0.05, 0) is 44.9 Å². The van der Waals surface area contributed by atoms with Gasteiger partial charge in [0.1, 0.15) is 0 Å². The van der Waals surface area contributed by atoms with Crippen LogP contribution in [0.5, 0.6) is 0 Å². The largest absolute Gasteiger partial charge is 0.481 e. The first kappa shape index (κ1) is 20.2. The van der Waals surface area contributed by atoms with Crippen molar-refractivity contribution in [3.05, 3.63) is 12.2 Å². The van der Waals surface area contributed by atoms with E-state index in [1.807, 2.05) is 0 Å². The molecule has 0 amide bonds. The summed E-state index contributed by atoms with van der Waals surface area (Å²) >= 11 is 0. The number of carboxylic acid groups (broad SMARTS) is 1. The van der Waals surface area contributed by atoms with Gasteiger partial charge in [-0.1, -0.05) is 51.2 Å². The monoisotopic (exact) mass is 298 g/mol. The first-order valence-electron chi connectivity index (χ1n) is 8.71. The molecule has 0 fully saturated rings. The number of aliphatic carboxylic acids is 1. The zero-order valence-electron chi connectivity index (χ0n) is 13.7. The molecule has 1 unspecified atom stereocenters. The van der Waals surface area contributed by atoms with Crippen LogP contribution in [0.25, 0.3) is 0 Å². The van der Waals surface area contributed by atoms with E-state index in [1.54, 1.807) is 0 Å². The first-order chi connectivity index (χ1) is 10.2. The molecule has 0 spiro atoms. The second-order valence-electron chi connectivity index (χ2n) is 5.90. The predicted molar refractivity (Wildman–Crippen MR) is 88.5 cm³/mol. The van der Waals surface area contributed by atoms with Crippen LogP contribution >= 0.6 is 0 Å². The lowest BCUT2D eigenvalue weighted by Crippen LogP contribution is -2.04. The van der Waals surface area contributed by atoms with Crippen LogP contribution in [-0.2, 0) is 4.79 Å². The summed E-state index contributed by atoms with van der Waals surface area (Å²) in [5, 5.41) is 18.1. The van der Waals surface area contributed by atoms with Crippen LogP contribution in [0.3, 0.4) is 0 Å². The molecule has 0 rings (SSSR count). The molecule has 3 heteroatoms. The molecule has 0 aliphatic heterocycles. The van der Waals surface area contributed by atoms with Crippen LogP contribution in [0.2, 0.25) is 0 Å². The lowest BCUT2D eigenvalue weighted by Gasteiger charge is -2.08. The van der Waals surface area contributed by atoms with Crippen LogP contribution in [0, 0.1) is 0 Å². The van der Waals surface area contributed by atoms with E-state index in [-0.39, 0.29) is 6.10 Å². The highest BCUT2D eigenvalue weighted by atomic mass is 16.4. The van der Waals surface area contributed by atoms with E-state index < -0.39 is 5.97 Å². The number of unbranched alkanes of at least 4 members (excludes halogenated alkanes) is 7. The summed E-state index contributed by atoms with van der Waals surface area (Å²) in [6.07, 6.45) is 17.7. The van der Waals surface area contributed by atoms with E-state index in [1.165, 1.54) is 25.7 Å². The Balaban J connectivity index is 3.16. The van der Waals surface area contributed by atoms with Crippen molar-refractivity contribution in [2.24, 2.45) is 0 Å². The Morgan fingerprint density at radius 2 is 1.48 bits per heavy atom. The molecule has 2 N–H and O–H groups in total. The van der Waals surface area contributed by atoms with Crippen LogP contribution in [0.1, 0.15) is 90.4 Å².